The highest BCUT2D eigenvalue weighted by Crippen LogP contribution is 2.08. The minimum atomic E-state index is -1.17. The van der Waals surface area contributed by atoms with Crippen LogP contribution in [0.15, 0.2) is 12.2 Å². The van der Waals surface area contributed by atoms with E-state index in [1.807, 2.05) is 20.8 Å². The summed E-state index contributed by atoms with van der Waals surface area (Å²) in [4.78, 5) is 31.3. The minimum absolute atomic E-state index is 0.294. The van der Waals surface area contributed by atoms with Crippen molar-refractivity contribution in [3.05, 3.63) is 12.2 Å². The van der Waals surface area contributed by atoms with E-state index in [-0.39, 0.29) is 5.60 Å². The molecule has 0 radical (unpaired) electrons. The Balaban J connectivity index is 3.33. The molecule has 0 aromatic rings. The van der Waals surface area contributed by atoms with Crippen molar-refractivity contribution in [3.8, 4) is 0 Å². The molecule has 0 aliphatic carbocycles. The van der Waals surface area contributed by atoms with Crippen LogP contribution in [-0.4, -0.2) is 35.9 Å². The number of carbonyl (C=O) groups is 2. The first-order chi connectivity index (χ1) is 9.31. The van der Waals surface area contributed by atoms with Crippen LogP contribution < -0.4 is 0 Å². The second-order valence-electron chi connectivity index (χ2n) is 5.27. The summed E-state index contributed by atoms with van der Waals surface area (Å²) in [6.07, 6.45) is 5.15. The van der Waals surface area contributed by atoms with Gasteiger partial charge in [-0.3, -0.25) is 0 Å². The second-order valence-corrected chi connectivity index (χ2v) is 5.27. The molecule has 0 spiro atoms. The molecule has 6 nitrogen and oxygen atoms in total. The van der Waals surface area contributed by atoms with Crippen LogP contribution in [0.4, 0.5) is 0 Å². The van der Waals surface area contributed by atoms with E-state index in [1.54, 1.807) is 0 Å². The zero-order valence-corrected chi connectivity index (χ0v) is 12.4. The smallest absolute Gasteiger partial charge is 0.331 e. The van der Waals surface area contributed by atoms with Crippen LogP contribution in [0.2, 0.25) is 0 Å². The topological polar surface area (TPSA) is 82.1 Å². The third-order valence-electron chi connectivity index (χ3n) is 2.04. The summed E-state index contributed by atoms with van der Waals surface area (Å²) in [6.45, 7) is 6.58. The van der Waals surface area contributed by atoms with E-state index in [1.165, 1.54) is 0 Å². The summed E-state index contributed by atoms with van der Waals surface area (Å²) in [5.74, 6) is -1.80. The van der Waals surface area contributed by atoms with E-state index < -0.39 is 11.9 Å². The Bertz CT molecular complexity index is 316. The molecule has 0 heterocycles. The van der Waals surface area contributed by atoms with Crippen molar-refractivity contribution in [2.45, 2.75) is 52.1 Å². The van der Waals surface area contributed by atoms with Crippen molar-refractivity contribution in [1.82, 2.24) is 0 Å². The Labute approximate surface area is 119 Å². The van der Waals surface area contributed by atoms with Crippen LogP contribution in [0.5, 0.6) is 0 Å². The molecule has 0 aromatic carbocycles. The molecule has 0 aliphatic rings. The molecule has 1 N–H and O–H groups in total. The fraction of sp³-hybridized carbons (Fsp3) is 0.714. The highest BCUT2D eigenvalue weighted by atomic mass is 17.2. The molecule has 0 aromatic heterocycles. The fourth-order valence-electron chi connectivity index (χ4n) is 1.20. The van der Waals surface area contributed by atoms with Crippen LogP contribution in [-0.2, 0) is 24.1 Å². The van der Waals surface area contributed by atoms with Crippen LogP contribution in [0, 0.1) is 0 Å². The lowest BCUT2D eigenvalue weighted by Gasteiger charge is -2.17. The van der Waals surface area contributed by atoms with Crippen LogP contribution in [0.1, 0.15) is 46.5 Å². The van der Waals surface area contributed by atoms with Gasteiger partial charge in [-0.25, -0.2) is 19.4 Å². The number of ether oxygens (including phenoxy) is 1. The van der Waals surface area contributed by atoms with Gasteiger partial charge >= 0.3 is 11.9 Å². The molecule has 116 valence electrons. The third-order valence-corrected chi connectivity index (χ3v) is 2.04. The maximum atomic E-state index is 11.0. The van der Waals surface area contributed by atoms with Crippen molar-refractivity contribution in [3.63, 3.8) is 0 Å². The van der Waals surface area contributed by atoms with E-state index in [0.717, 1.165) is 37.8 Å². The number of hydrogen-bond donors (Lipinski definition) is 1. The average molecular weight is 288 g/mol. The monoisotopic (exact) mass is 288 g/mol. The molecule has 0 aliphatic heterocycles. The number of carbonyl (C=O) groups excluding carboxylic acids is 1. The van der Waals surface area contributed by atoms with Gasteiger partial charge in [0.2, 0.25) is 0 Å². The van der Waals surface area contributed by atoms with Gasteiger partial charge in [-0.2, -0.15) is 0 Å². The van der Waals surface area contributed by atoms with Crippen LogP contribution in [0.25, 0.3) is 0 Å². The molecule has 6 heteroatoms. The van der Waals surface area contributed by atoms with Gasteiger partial charge < -0.3 is 9.84 Å². The summed E-state index contributed by atoms with van der Waals surface area (Å²) in [5, 5.41) is 8.31. The number of carboxylic acid groups (broad SMARTS) is 1. The SMILES string of the molecule is CC(C)(C)OOCCCCCCOC(=O)/C=C/C(=O)O. The van der Waals surface area contributed by atoms with Gasteiger partial charge in [0, 0.05) is 12.2 Å². The van der Waals surface area contributed by atoms with Crippen molar-refractivity contribution < 1.29 is 29.2 Å². The van der Waals surface area contributed by atoms with Gasteiger partial charge in [-0.05, 0) is 40.0 Å². The van der Waals surface area contributed by atoms with Gasteiger partial charge in [-0.15, -0.1) is 0 Å². The second kappa shape index (κ2) is 10.4. The lowest BCUT2D eigenvalue weighted by molar-refractivity contribution is -0.348. The standard InChI is InChI=1S/C14H24O6/c1-14(2,3)20-19-11-7-5-4-6-10-18-13(17)9-8-12(15)16/h8-9H,4-7,10-11H2,1-3H3,(H,15,16)/b9-8+. The number of carboxylic acids is 1. The Morgan fingerprint density at radius 2 is 1.60 bits per heavy atom. The first-order valence-corrected chi connectivity index (χ1v) is 6.69. The molecule has 0 saturated carbocycles. The van der Waals surface area contributed by atoms with Gasteiger partial charge in [-0.1, -0.05) is 6.42 Å². The van der Waals surface area contributed by atoms with E-state index in [0.29, 0.717) is 13.2 Å². The predicted molar refractivity (Wildman–Crippen MR) is 73.0 cm³/mol. The maximum absolute atomic E-state index is 11.0. The first-order valence-electron chi connectivity index (χ1n) is 6.69. The number of rotatable bonds is 10. The summed E-state index contributed by atoms with van der Waals surface area (Å²) in [7, 11) is 0. The van der Waals surface area contributed by atoms with Gasteiger partial charge in [0.1, 0.15) is 0 Å². The molecule has 0 atom stereocenters. The lowest BCUT2D eigenvalue weighted by atomic mass is 10.2. The molecule has 20 heavy (non-hydrogen) atoms. The molecule has 0 bridgehead atoms. The molecular weight excluding hydrogens is 264 g/mol. The Hall–Kier alpha value is -1.40. The molecule has 0 fully saturated rings. The van der Waals surface area contributed by atoms with Crippen LogP contribution >= 0.6 is 0 Å². The van der Waals surface area contributed by atoms with E-state index in [9.17, 15) is 9.59 Å². The van der Waals surface area contributed by atoms with Crippen molar-refractivity contribution in [2.75, 3.05) is 13.2 Å². The highest BCUT2D eigenvalue weighted by molar-refractivity contribution is 5.90. The Morgan fingerprint density at radius 3 is 2.15 bits per heavy atom. The molecule has 0 amide bonds. The largest absolute Gasteiger partial charge is 0.478 e. The summed E-state index contributed by atoms with van der Waals surface area (Å²) < 4.78 is 4.82. The van der Waals surface area contributed by atoms with E-state index in [2.05, 4.69) is 0 Å². The van der Waals surface area contributed by atoms with Gasteiger partial charge in [0.25, 0.3) is 0 Å². The zero-order valence-electron chi connectivity index (χ0n) is 12.4. The number of esters is 1. The van der Waals surface area contributed by atoms with Crippen molar-refractivity contribution in [2.24, 2.45) is 0 Å². The summed E-state index contributed by atoms with van der Waals surface area (Å²) in [6, 6.07) is 0. The van der Waals surface area contributed by atoms with Crippen molar-refractivity contribution in [1.29, 1.82) is 0 Å². The zero-order chi connectivity index (χ0) is 15.4. The normalized spacial score (nSPS) is 11.8. The Morgan fingerprint density at radius 1 is 1.00 bits per heavy atom. The van der Waals surface area contributed by atoms with Crippen LogP contribution in [0.3, 0.4) is 0 Å². The molecule has 0 saturated heterocycles. The van der Waals surface area contributed by atoms with E-state index in [4.69, 9.17) is 19.6 Å². The van der Waals surface area contributed by atoms with Crippen molar-refractivity contribution >= 4 is 11.9 Å². The maximum Gasteiger partial charge on any atom is 0.331 e. The fourth-order valence-corrected chi connectivity index (χ4v) is 1.20. The molecule has 0 unspecified atom stereocenters. The highest BCUT2D eigenvalue weighted by Gasteiger charge is 2.10. The minimum Gasteiger partial charge on any atom is -0.478 e. The number of hydrogen-bond acceptors (Lipinski definition) is 5. The van der Waals surface area contributed by atoms with Gasteiger partial charge in [0.05, 0.1) is 18.8 Å². The molecular formula is C14H24O6. The van der Waals surface area contributed by atoms with E-state index >= 15 is 0 Å². The molecule has 0 rings (SSSR count). The quantitative estimate of drug-likeness (QED) is 0.219. The van der Waals surface area contributed by atoms with Gasteiger partial charge in [0.15, 0.2) is 0 Å². The first kappa shape index (κ1) is 18.6. The number of aliphatic carboxylic acids is 1. The predicted octanol–water partition coefficient (Wildman–Crippen LogP) is 2.48. The average Bonchev–Trinajstić information content (AvgIpc) is 2.33. The summed E-state index contributed by atoms with van der Waals surface area (Å²) in [5.41, 5.74) is -0.294. The Kier molecular flexibility index (Phi) is 9.67. The number of unbranched alkanes of at least 4 members (excludes halogenated alkanes) is 3. The third kappa shape index (κ3) is 14.7. The lowest BCUT2D eigenvalue weighted by Crippen LogP contribution is -2.19. The summed E-state index contributed by atoms with van der Waals surface area (Å²) >= 11 is 0.